The zero-order chi connectivity index (χ0) is 10.9. The molecule has 1 saturated heterocycles. The smallest absolute Gasteiger partial charge is 0.254 e. The predicted molar refractivity (Wildman–Crippen MR) is 56.6 cm³/mol. The molecule has 5 nitrogen and oxygen atoms in total. The van der Waals surface area contributed by atoms with Crippen molar-refractivity contribution in [1.82, 2.24) is 20.4 Å². The van der Waals surface area contributed by atoms with Crippen LogP contribution in [0.5, 0.6) is 0 Å². The molecule has 1 atom stereocenters. The van der Waals surface area contributed by atoms with E-state index in [1.165, 1.54) is 0 Å². The lowest BCUT2D eigenvalue weighted by atomic mass is 10.0. The number of hydrogen-bond acceptors (Lipinski definition) is 3. The largest absolute Gasteiger partial charge is 0.345 e. The van der Waals surface area contributed by atoms with Crippen molar-refractivity contribution < 1.29 is 4.79 Å². The van der Waals surface area contributed by atoms with Crippen LogP contribution >= 0.6 is 0 Å². The minimum Gasteiger partial charge on any atom is -0.345 e. The highest BCUT2D eigenvalue weighted by Crippen LogP contribution is 2.14. The van der Waals surface area contributed by atoms with Crippen molar-refractivity contribution in [3.8, 4) is 0 Å². The lowest BCUT2D eigenvalue weighted by Crippen LogP contribution is -2.47. The van der Waals surface area contributed by atoms with Crippen LogP contribution in [0, 0.1) is 0 Å². The van der Waals surface area contributed by atoms with E-state index in [1.54, 1.807) is 24.1 Å². The number of nitrogens with zero attached hydrogens (tertiary/aromatic N) is 2. The van der Waals surface area contributed by atoms with Crippen molar-refractivity contribution in [3.05, 3.63) is 18.0 Å². The van der Waals surface area contributed by atoms with Crippen LogP contribution in [0.25, 0.3) is 0 Å². The van der Waals surface area contributed by atoms with Gasteiger partial charge in [-0.3, -0.25) is 9.48 Å². The number of rotatable bonds is 2. The zero-order valence-electron chi connectivity index (χ0n) is 9.08. The van der Waals surface area contributed by atoms with Gasteiger partial charge in [-0.05, 0) is 19.9 Å². The third kappa shape index (κ3) is 2.18. The summed E-state index contributed by atoms with van der Waals surface area (Å²) >= 11 is 0. The van der Waals surface area contributed by atoms with Gasteiger partial charge < -0.3 is 10.6 Å². The van der Waals surface area contributed by atoms with E-state index in [0.29, 0.717) is 5.56 Å². The van der Waals surface area contributed by atoms with Gasteiger partial charge in [0.2, 0.25) is 0 Å². The second-order valence-electron chi connectivity index (χ2n) is 4.34. The normalized spacial score (nSPS) is 25.5. The summed E-state index contributed by atoms with van der Waals surface area (Å²) < 4.78 is 1.63. The number of amides is 1. The van der Waals surface area contributed by atoms with E-state index in [9.17, 15) is 4.79 Å². The molecule has 0 aliphatic carbocycles. The molecule has 2 heterocycles. The summed E-state index contributed by atoms with van der Waals surface area (Å²) in [6, 6.07) is 0. The fourth-order valence-electron chi connectivity index (χ4n) is 1.81. The Hall–Kier alpha value is -1.36. The molecule has 15 heavy (non-hydrogen) atoms. The SMILES string of the molecule is Cn1cc(C(=O)NC2(C)CCNC2)cn1. The molecular formula is C10H16N4O. The first-order valence-corrected chi connectivity index (χ1v) is 5.11. The Balaban J connectivity index is 2.03. The van der Waals surface area contributed by atoms with Crippen LogP contribution in [0.3, 0.4) is 0 Å². The summed E-state index contributed by atoms with van der Waals surface area (Å²) in [4.78, 5) is 11.8. The first-order chi connectivity index (χ1) is 7.09. The molecule has 2 rings (SSSR count). The van der Waals surface area contributed by atoms with Crippen molar-refractivity contribution in [2.75, 3.05) is 13.1 Å². The van der Waals surface area contributed by atoms with Crippen molar-refractivity contribution in [2.45, 2.75) is 18.9 Å². The lowest BCUT2D eigenvalue weighted by Gasteiger charge is -2.23. The van der Waals surface area contributed by atoms with Crippen LogP contribution in [0.1, 0.15) is 23.7 Å². The van der Waals surface area contributed by atoms with Gasteiger partial charge in [-0.1, -0.05) is 0 Å². The van der Waals surface area contributed by atoms with Crippen LogP contribution in [-0.4, -0.2) is 34.3 Å². The van der Waals surface area contributed by atoms with Gasteiger partial charge in [-0.25, -0.2) is 0 Å². The molecule has 0 saturated carbocycles. The van der Waals surface area contributed by atoms with Crippen molar-refractivity contribution in [2.24, 2.45) is 7.05 Å². The Kier molecular flexibility index (Phi) is 2.48. The number of aryl methyl sites for hydroxylation is 1. The van der Waals surface area contributed by atoms with E-state index in [0.717, 1.165) is 19.5 Å². The fourth-order valence-corrected chi connectivity index (χ4v) is 1.81. The highest BCUT2D eigenvalue weighted by molar-refractivity contribution is 5.94. The molecule has 1 amide bonds. The van der Waals surface area contributed by atoms with Crippen LogP contribution in [0.4, 0.5) is 0 Å². The van der Waals surface area contributed by atoms with Gasteiger partial charge in [-0.2, -0.15) is 5.10 Å². The standard InChI is InChI=1S/C10H16N4O/c1-10(3-4-11-7-10)13-9(15)8-5-12-14(2)6-8/h5-6,11H,3-4,7H2,1-2H3,(H,13,15). The molecular weight excluding hydrogens is 192 g/mol. The average Bonchev–Trinajstić information content (AvgIpc) is 2.75. The van der Waals surface area contributed by atoms with Gasteiger partial charge in [0, 0.05) is 19.8 Å². The van der Waals surface area contributed by atoms with Crippen LogP contribution in [0.2, 0.25) is 0 Å². The number of hydrogen-bond donors (Lipinski definition) is 2. The van der Waals surface area contributed by atoms with Crippen molar-refractivity contribution in [3.63, 3.8) is 0 Å². The van der Waals surface area contributed by atoms with Gasteiger partial charge in [0.25, 0.3) is 5.91 Å². The molecule has 0 aromatic carbocycles. The number of aromatic nitrogens is 2. The molecule has 82 valence electrons. The van der Waals surface area contributed by atoms with E-state index in [-0.39, 0.29) is 11.4 Å². The third-order valence-corrected chi connectivity index (χ3v) is 2.75. The summed E-state index contributed by atoms with van der Waals surface area (Å²) in [5, 5.41) is 10.2. The summed E-state index contributed by atoms with van der Waals surface area (Å²) in [5.74, 6) is -0.0469. The lowest BCUT2D eigenvalue weighted by molar-refractivity contribution is 0.0913. The van der Waals surface area contributed by atoms with Crippen molar-refractivity contribution >= 4 is 5.91 Å². The van der Waals surface area contributed by atoms with E-state index >= 15 is 0 Å². The van der Waals surface area contributed by atoms with Gasteiger partial charge in [0.15, 0.2) is 0 Å². The molecule has 1 aromatic heterocycles. The topological polar surface area (TPSA) is 59.0 Å². The molecule has 0 spiro atoms. The van der Waals surface area contributed by atoms with E-state index in [1.807, 2.05) is 0 Å². The summed E-state index contributed by atoms with van der Waals surface area (Å²) in [5.41, 5.74) is 0.498. The van der Waals surface area contributed by atoms with Gasteiger partial charge >= 0.3 is 0 Å². The number of nitrogens with one attached hydrogen (secondary N) is 2. The monoisotopic (exact) mass is 208 g/mol. The van der Waals surface area contributed by atoms with Crippen LogP contribution in [-0.2, 0) is 7.05 Å². The number of carbonyl (C=O) groups excluding carboxylic acids is 1. The highest BCUT2D eigenvalue weighted by Gasteiger charge is 2.30. The van der Waals surface area contributed by atoms with E-state index < -0.39 is 0 Å². The molecule has 2 N–H and O–H groups in total. The van der Waals surface area contributed by atoms with Gasteiger partial charge in [0.1, 0.15) is 0 Å². The Morgan fingerprint density at radius 1 is 1.73 bits per heavy atom. The Bertz CT molecular complexity index is 365. The second-order valence-corrected chi connectivity index (χ2v) is 4.34. The quantitative estimate of drug-likeness (QED) is 0.713. The summed E-state index contributed by atoms with van der Waals surface area (Å²) in [6.07, 6.45) is 4.28. The Morgan fingerprint density at radius 2 is 2.53 bits per heavy atom. The molecule has 1 fully saturated rings. The Labute approximate surface area is 88.8 Å². The zero-order valence-corrected chi connectivity index (χ0v) is 9.08. The van der Waals surface area contributed by atoms with E-state index in [2.05, 4.69) is 22.7 Å². The maximum atomic E-state index is 11.8. The molecule has 0 bridgehead atoms. The molecule has 1 aliphatic rings. The molecule has 1 aliphatic heterocycles. The maximum Gasteiger partial charge on any atom is 0.254 e. The van der Waals surface area contributed by atoms with Gasteiger partial charge in [-0.15, -0.1) is 0 Å². The van der Waals surface area contributed by atoms with Crippen LogP contribution < -0.4 is 10.6 Å². The average molecular weight is 208 g/mol. The van der Waals surface area contributed by atoms with E-state index in [4.69, 9.17) is 0 Å². The Morgan fingerprint density at radius 3 is 3.07 bits per heavy atom. The maximum absolute atomic E-state index is 11.8. The molecule has 5 heteroatoms. The molecule has 1 aromatic rings. The third-order valence-electron chi connectivity index (χ3n) is 2.75. The highest BCUT2D eigenvalue weighted by atomic mass is 16.1. The minimum atomic E-state index is -0.118. The number of carbonyl (C=O) groups is 1. The van der Waals surface area contributed by atoms with Crippen LogP contribution in [0.15, 0.2) is 12.4 Å². The first-order valence-electron chi connectivity index (χ1n) is 5.11. The summed E-state index contributed by atoms with van der Waals surface area (Å²) in [7, 11) is 1.80. The summed E-state index contributed by atoms with van der Waals surface area (Å²) in [6.45, 7) is 3.85. The minimum absolute atomic E-state index is 0.0469. The first kappa shape index (κ1) is 10.2. The molecule has 0 radical (unpaired) electrons. The van der Waals surface area contributed by atoms with Gasteiger partial charge in [0.05, 0.1) is 17.3 Å². The second kappa shape index (κ2) is 3.66. The predicted octanol–water partition coefficient (Wildman–Crippen LogP) is -0.0981. The van der Waals surface area contributed by atoms with Crippen molar-refractivity contribution in [1.29, 1.82) is 0 Å². The fraction of sp³-hybridized carbons (Fsp3) is 0.600. The molecule has 1 unspecified atom stereocenters.